The monoisotopic (exact) mass is 419 g/mol. The van der Waals surface area contributed by atoms with E-state index in [2.05, 4.69) is 4.98 Å². The Hall–Kier alpha value is -2.53. The summed E-state index contributed by atoms with van der Waals surface area (Å²) >= 11 is 1.49. The maximum Gasteiger partial charge on any atom is 0.417 e. The SMILES string of the molecule is Cc1cccc(N(C)C(=O)C2CSC[C@H]2c2nc(C)cc(C(F)(F)F)c2C#N)c1. The molecule has 1 aliphatic heterocycles. The van der Waals surface area contributed by atoms with Crippen molar-refractivity contribution in [2.75, 3.05) is 23.5 Å². The fraction of sp³-hybridized carbons (Fsp3) is 0.381. The number of thioether (sulfide) groups is 1. The zero-order valence-electron chi connectivity index (χ0n) is 16.2. The highest BCUT2D eigenvalue weighted by atomic mass is 32.2. The molecule has 0 radical (unpaired) electrons. The summed E-state index contributed by atoms with van der Waals surface area (Å²) in [6, 6.07) is 10.0. The minimum absolute atomic E-state index is 0.0702. The molecular formula is C21H20F3N3OS. The van der Waals surface area contributed by atoms with E-state index >= 15 is 0 Å². The number of anilines is 1. The Balaban J connectivity index is 2.00. The van der Waals surface area contributed by atoms with Crippen LogP contribution < -0.4 is 4.90 Å². The van der Waals surface area contributed by atoms with Gasteiger partial charge in [-0.15, -0.1) is 0 Å². The fourth-order valence-electron chi connectivity index (χ4n) is 3.59. The van der Waals surface area contributed by atoms with Crippen LogP contribution in [0.3, 0.4) is 0 Å². The van der Waals surface area contributed by atoms with Crippen molar-refractivity contribution in [1.82, 2.24) is 4.98 Å². The Morgan fingerprint density at radius 1 is 1.28 bits per heavy atom. The lowest BCUT2D eigenvalue weighted by molar-refractivity contribution is -0.138. The number of carbonyl (C=O) groups is 1. The molecular weight excluding hydrogens is 399 g/mol. The molecule has 1 unspecified atom stereocenters. The highest BCUT2D eigenvalue weighted by Crippen LogP contribution is 2.42. The molecule has 0 spiro atoms. The highest BCUT2D eigenvalue weighted by molar-refractivity contribution is 7.99. The molecule has 0 N–H and O–H groups in total. The van der Waals surface area contributed by atoms with E-state index in [1.165, 1.54) is 23.6 Å². The summed E-state index contributed by atoms with van der Waals surface area (Å²) in [6.45, 7) is 3.39. The quantitative estimate of drug-likeness (QED) is 0.724. The number of halogens is 3. The molecule has 3 rings (SSSR count). The third kappa shape index (κ3) is 4.25. The van der Waals surface area contributed by atoms with Crippen molar-refractivity contribution in [3.63, 3.8) is 0 Å². The van der Waals surface area contributed by atoms with E-state index in [-0.39, 0.29) is 17.3 Å². The van der Waals surface area contributed by atoms with Crippen LogP contribution in [0.15, 0.2) is 30.3 Å². The number of pyridine rings is 1. The van der Waals surface area contributed by atoms with Gasteiger partial charge in [0.15, 0.2) is 0 Å². The molecule has 1 amide bonds. The first-order chi connectivity index (χ1) is 13.6. The molecule has 0 aliphatic carbocycles. The number of aryl methyl sites for hydroxylation is 2. The van der Waals surface area contributed by atoms with Gasteiger partial charge in [0.1, 0.15) is 6.07 Å². The predicted octanol–water partition coefficient (Wildman–Crippen LogP) is 4.70. The molecule has 4 nitrogen and oxygen atoms in total. The molecule has 29 heavy (non-hydrogen) atoms. The Morgan fingerprint density at radius 3 is 2.62 bits per heavy atom. The number of hydrogen-bond acceptors (Lipinski definition) is 4. The lowest BCUT2D eigenvalue weighted by Crippen LogP contribution is -2.36. The number of nitriles is 1. The average molecular weight is 419 g/mol. The molecule has 8 heteroatoms. The minimum Gasteiger partial charge on any atom is -0.315 e. The normalized spacial score (nSPS) is 19.1. The maximum absolute atomic E-state index is 13.5. The summed E-state index contributed by atoms with van der Waals surface area (Å²) in [5.74, 6) is -0.364. The number of amides is 1. The van der Waals surface area contributed by atoms with Crippen LogP contribution in [0.25, 0.3) is 0 Å². The van der Waals surface area contributed by atoms with Gasteiger partial charge in [-0.25, -0.2) is 0 Å². The number of hydrogen-bond donors (Lipinski definition) is 0. The standard InChI is InChI=1S/C21H20F3N3OS/c1-12-5-4-6-14(7-12)27(3)20(28)17-11-29-10-16(17)19-15(9-25)18(21(22,23)24)8-13(2)26-19/h4-8,16-17H,10-11H2,1-3H3/t16-,17?/m1/s1. The second kappa shape index (κ2) is 8.07. The van der Waals surface area contributed by atoms with E-state index in [9.17, 15) is 23.2 Å². The smallest absolute Gasteiger partial charge is 0.315 e. The summed E-state index contributed by atoms with van der Waals surface area (Å²) in [7, 11) is 1.66. The van der Waals surface area contributed by atoms with Crippen LogP contribution in [0.2, 0.25) is 0 Å². The molecule has 152 valence electrons. The van der Waals surface area contributed by atoms with Gasteiger partial charge in [-0.1, -0.05) is 12.1 Å². The van der Waals surface area contributed by atoms with Crippen molar-refractivity contribution in [1.29, 1.82) is 5.26 Å². The van der Waals surface area contributed by atoms with E-state index in [4.69, 9.17) is 0 Å². The second-order valence-corrected chi connectivity index (χ2v) is 8.24. The number of aromatic nitrogens is 1. The van der Waals surface area contributed by atoms with Crippen molar-refractivity contribution in [3.05, 3.63) is 58.4 Å². The second-order valence-electron chi connectivity index (χ2n) is 7.17. The summed E-state index contributed by atoms with van der Waals surface area (Å²) in [5.41, 5.74) is 0.507. The van der Waals surface area contributed by atoms with Crippen LogP contribution in [0, 0.1) is 31.1 Å². The lowest BCUT2D eigenvalue weighted by atomic mass is 9.87. The zero-order valence-corrected chi connectivity index (χ0v) is 17.1. The maximum atomic E-state index is 13.5. The molecule has 1 fully saturated rings. The number of carbonyl (C=O) groups excluding carboxylic acids is 1. The van der Waals surface area contributed by atoms with Crippen molar-refractivity contribution in [2.45, 2.75) is 25.9 Å². The largest absolute Gasteiger partial charge is 0.417 e. The minimum atomic E-state index is -4.66. The van der Waals surface area contributed by atoms with E-state index in [1.807, 2.05) is 31.2 Å². The fourth-order valence-corrected chi connectivity index (χ4v) is 5.00. The van der Waals surface area contributed by atoms with Crippen LogP contribution in [-0.4, -0.2) is 29.4 Å². The predicted molar refractivity (Wildman–Crippen MR) is 107 cm³/mol. The van der Waals surface area contributed by atoms with E-state index < -0.39 is 29.1 Å². The van der Waals surface area contributed by atoms with Crippen LogP contribution in [0.1, 0.15) is 34.0 Å². The van der Waals surface area contributed by atoms with Gasteiger partial charge in [0, 0.05) is 35.9 Å². The van der Waals surface area contributed by atoms with Crippen molar-refractivity contribution in [3.8, 4) is 6.07 Å². The Morgan fingerprint density at radius 2 is 2.00 bits per heavy atom. The van der Waals surface area contributed by atoms with Crippen LogP contribution >= 0.6 is 11.8 Å². The third-order valence-corrected chi connectivity index (χ3v) is 6.25. The molecule has 1 aliphatic rings. The van der Waals surface area contributed by atoms with Gasteiger partial charge in [0.05, 0.1) is 22.7 Å². The van der Waals surface area contributed by atoms with Gasteiger partial charge in [-0.05, 0) is 37.6 Å². The molecule has 0 saturated carbocycles. The first kappa shape index (κ1) is 21.2. The summed E-state index contributed by atoms with van der Waals surface area (Å²) in [5, 5.41) is 9.46. The zero-order chi connectivity index (χ0) is 21.3. The van der Waals surface area contributed by atoms with Gasteiger partial charge in [-0.3, -0.25) is 9.78 Å². The van der Waals surface area contributed by atoms with E-state index in [1.54, 1.807) is 13.1 Å². The van der Waals surface area contributed by atoms with Gasteiger partial charge < -0.3 is 4.90 Å². The van der Waals surface area contributed by atoms with Gasteiger partial charge in [0.2, 0.25) is 5.91 Å². The van der Waals surface area contributed by atoms with Crippen molar-refractivity contribution >= 4 is 23.4 Å². The van der Waals surface area contributed by atoms with Crippen LogP contribution in [-0.2, 0) is 11.0 Å². The molecule has 2 heterocycles. The first-order valence-corrected chi connectivity index (χ1v) is 10.2. The van der Waals surface area contributed by atoms with Crippen molar-refractivity contribution in [2.24, 2.45) is 5.92 Å². The Labute approximate surface area is 171 Å². The van der Waals surface area contributed by atoms with Gasteiger partial charge in [-0.2, -0.15) is 30.2 Å². The molecule has 2 aromatic rings. The van der Waals surface area contributed by atoms with E-state index in [0.29, 0.717) is 11.5 Å². The summed E-state index contributed by atoms with van der Waals surface area (Å²) in [6.07, 6.45) is -4.66. The molecule has 2 atom stereocenters. The highest BCUT2D eigenvalue weighted by Gasteiger charge is 2.42. The summed E-state index contributed by atoms with van der Waals surface area (Å²) < 4.78 is 40.4. The number of alkyl halides is 3. The third-order valence-electron chi connectivity index (χ3n) is 5.06. The Bertz CT molecular complexity index is 984. The number of nitrogens with zero attached hydrogens (tertiary/aromatic N) is 3. The molecule has 1 aromatic carbocycles. The molecule has 1 aromatic heterocycles. The molecule has 0 bridgehead atoms. The topological polar surface area (TPSA) is 57.0 Å². The number of benzene rings is 1. The Kier molecular flexibility index (Phi) is 5.90. The molecule has 1 saturated heterocycles. The van der Waals surface area contributed by atoms with Crippen LogP contribution in [0.5, 0.6) is 0 Å². The first-order valence-electron chi connectivity index (χ1n) is 9.04. The average Bonchev–Trinajstić information content (AvgIpc) is 3.15. The summed E-state index contributed by atoms with van der Waals surface area (Å²) in [4.78, 5) is 19.0. The van der Waals surface area contributed by atoms with Gasteiger partial charge >= 0.3 is 6.18 Å². The van der Waals surface area contributed by atoms with Gasteiger partial charge in [0.25, 0.3) is 0 Å². The van der Waals surface area contributed by atoms with Crippen molar-refractivity contribution < 1.29 is 18.0 Å². The lowest BCUT2D eigenvalue weighted by Gasteiger charge is -2.26. The number of rotatable bonds is 3. The van der Waals surface area contributed by atoms with E-state index in [0.717, 1.165) is 17.3 Å². The van der Waals surface area contributed by atoms with Crippen LogP contribution in [0.4, 0.5) is 18.9 Å².